The van der Waals surface area contributed by atoms with E-state index in [9.17, 15) is 8.78 Å². The van der Waals surface area contributed by atoms with Crippen molar-refractivity contribution in [3.63, 3.8) is 0 Å². The number of alkyl halides is 2. The number of nitrogens with one attached hydrogen (secondary N) is 1. The summed E-state index contributed by atoms with van der Waals surface area (Å²) in [5, 5.41) is 12.9. The number of halogens is 6. The second kappa shape index (κ2) is 33.2. The van der Waals surface area contributed by atoms with Gasteiger partial charge in [-0.15, -0.1) is 34.0 Å². The summed E-state index contributed by atoms with van der Waals surface area (Å²) in [5.41, 5.74) is 23.7. The number of rotatable bonds is 12. The van der Waals surface area contributed by atoms with Gasteiger partial charge < -0.3 is 41.8 Å². The number of aliphatic imine (C=N–C) groups is 2. The van der Waals surface area contributed by atoms with E-state index < -0.39 is 0 Å². The molecule has 0 saturated carbocycles. The molecule has 0 atom stereocenters. The summed E-state index contributed by atoms with van der Waals surface area (Å²) in [6.07, 6.45) is 0. The first-order valence-electron chi connectivity index (χ1n) is 17.6. The third-order valence-corrected chi connectivity index (χ3v) is 10.4. The molecule has 0 aliphatic carbocycles. The fraction of sp³-hybridized carbons (Fsp3) is 0.214. The molecule has 19 heteroatoms. The summed E-state index contributed by atoms with van der Waals surface area (Å²) in [7, 11) is 4.84. The summed E-state index contributed by atoms with van der Waals surface area (Å²) >= 11 is 14.0. The van der Waals surface area contributed by atoms with Gasteiger partial charge in [0, 0.05) is 34.5 Å². The van der Waals surface area contributed by atoms with Crippen LogP contribution in [0.4, 0.5) is 25.8 Å². The molecular formula is C42H50Br4F2N6O4S3. The van der Waals surface area contributed by atoms with Gasteiger partial charge in [0.1, 0.15) is 28.9 Å². The molecule has 0 aliphatic rings. The molecule has 0 unspecified atom stereocenters. The molecule has 0 aliphatic heterocycles. The smallest absolute Gasteiger partial charge is 0.168 e. The maximum absolute atomic E-state index is 13.9. The summed E-state index contributed by atoms with van der Waals surface area (Å²) in [4.78, 5) is 8.79. The largest absolute Gasteiger partial charge is 0.497 e. The minimum absolute atomic E-state index is 0. The number of nitrogens with two attached hydrogens (primary N) is 3. The molecule has 5 rings (SSSR count). The number of methoxy groups -OCH3 is 3. The van der Waals surface area contributed by atoms with Crippen molar-refractivity contribution in [1.82, 2.24) is 0 Å². The fourth-order valence-electron chi connectivity index (χ4n) is 4.47. The molecule has 0 amide bonds. The van der Waals surface area contributed by atoms with Gasteiger partial charge in [0.2, 0.25) is 0 Å². The summed E-state index contributed by atoms with van der Waals surface area (Å²) in [6, 6.07) is 31.5. The normalized spacial score (nSPS) is 10.4. The Morgan fingerprint density at radius 3 is 1.36 bits per heavy atom. The van der Waals surface area contributed by atoms with Crippen LogP contribution in [0.2, 0.25) is 0 Å². The molecule has 332 valence electrons. The highest BCUT2D eigenvalue weighted by Gasteiger charge is 2.09. The Labute approximate surface area is 408 Å². The number of amidine groups is 2. The van der Waals surface area contributed by atoms with Crippen molar-refractivity contribution in [1.29, 1.82) is 0 Å². The van der Waals surface area contributed by atoms with E-state index in [2.05, 4.69) is 59.4 Å². The van der Waals surface area contributed by atoms with Crippen LogP contribution in [0.15, 0.2) is 119 Å². The molecule has 5 aromatic carbocycles. The quantitative estimate of drug-likeness (QED) is 0.0350. The average Bonchev–Trinajstić information content (AvgIpc) is 3.24. The number of thioether (sulfide) groups is 2. The molecule has 5 aromatic rings. The van der Waals surface area contributed by atoms with Crippen molar-refractivity contribution in [2.75, 3.05) is 33.3 Å². The van der Waals surface area contributed by atoms with Gasteiger partial charge in [-0.2, -0.15) is 0 Å². The Bertz CT molecular complexity index is 2070. The standard InChI is InChI=1S/C24H25FN4O2S2.C8H7Br2F.C8H10N2OS.C2H6O.2BrH/c1-30-21-9-5-19(6-10-21)28-23(26)32-14-16-3-4-18(25)13-17(16)15-33-24(27)29-20-7-11-22(31-2)12-8-20;9-4-6-1-2-8(11)3-7(6)5-10;1-11-7-4-2-6(3-5-7)10-8(9)12;1-2-3;;/h3-13H,14-15H2,1-2H3,(H2,26,28)(H2,27,29);1-3H,4-5H2;2-5H,1H3,(H3,9,10,12);3H,2H2,1H3;2*1H. The Kier molecular flexibility index (Phi) is 31.3. The Morgan fingerprint density at radius 2 is 0.984 bits per heavy atom. The number of benzene rings is 5. The van der Waals surface area contributed by atoms with E-state index in [4.69, 9.17) is 36.5 Å². The van der Waals surface area contributed by atoms with E-state index in [0.717, 1.165) is 61.9 Å². The number of nitrogens with zero attached hydrogens (tertiary/aromatic N) is 2. The van der Waals surface area contributed by atoms with Gasteiger partial charge in [-0.25, -0.2) is 18.8 Å². The predicted octanol–water partition coefficient (Wildman–Crippen LogP) is 11.7. The van der Waals surface area contributed by atoms with Crippen molar-refractivity contribution in [3.8, 4) is 17.2 Å². The van der Waals surface area contributed by atoms with Gasteiger partial charge in [0.05, 0.1) is 32.7 Å². The van der Waals surface area contributed by atoms with Crippen LogP contribution in [-0.2, 0) is 22.2 Å². The molecular weight excluding hydrogens is 1110 g/mol. The van der Waals surface area contributed by atoms with Crippen molar-refractivity contribution < 1.29 is 28.1 Å². The highest BCUT2D eigenvalue weighted by atomic mass is 79.9. The van der Waals surface area contributed by atoms with Gasteiger partial charge >= 0.3 is 0 Å². The van der Waals surface area contributed by atoms with Crippen molar-refractivity contribution in [2.45, 2.75) is 29.1 Å². The zero-order chi connectivity index (χ0) is 43.6. The lowest BCUT2D eigenvalue weighted by Crippen LogP contribution is -2.18. The van der Waals surface area contributed by atoms with Crippen LogP contribution >= 0.6 is 102 Å². The average molecular weight is 1160 g/mol. The topological polar surface area (TPSA) is 163 Å². The maximum Gasteiger partial charge on any atom is 0.168 e. The molecule has 10 nitrogen and oxygen atoms in total. The highest BCUT2D eigenvalue weighted by Crippen LogP contribution is 2.26. The molecule has 0 heterocycles. The van der Waals surface area contributed by atoms with Gasteiger partial charge in [-0.3, -0.25) is 0 Å². The molecule has 0 bridgehead atoms. The van der Waals surface area contributed by atoms with Crippen molar-refractivity contribution in [3.05, 3.63) is 143 Å². The molecule has 0 fully saturated rings. The summed E-state index contributed by atoms with van der Waals surface area (Å²) in [5.74, 6) is 2.86. The number of hydrogen-bond donors (Lipinski definition) is 5. The van der Waals surface area contributed by atoms with E-state index >= 15 is 0 Å². The fourth-order valence-corrected chi connectivity index (χ4v) is 7.16. The SMILES string of the molecule is Br.Br.CCO.COc1ccc(N=C(N)SCc2ccc(F)cc2CSC(N)=Nc2ccc(OC)cc2)cc1.COc1ccc(NC(N)=S)cc1.Fc1ccc(CBr)c(CBr)c1. The highest BCUT2D eigenvalue weighted by molar-refractivity contribution is 9.09. The molecule has 0 radical (unpaired) electrons. The number of anilines is 1. The van der Waals surface area contributed by atoms with Gasteiger partial charge in [-0.1, -0.05) is 67.5 Å². The lowest BCUT2D eigenvalue weighted by molar-refractivity contribution is 0.318. The Hall–Kier alpha value is -3.43. The maximum atomic E-state index is 13.9. The minimum atomic E-state index is -0.301. The first-order chi connectivity index (χ1) is 28.4. The predicted molar refractivity (Wildman–Crippen MR) is 276 cm³/mol. The molecule has 61 heavy (non-hydrogen) atoms. The van der Waals surface area contributed by atoms with Crippen LogP contribution in [0.3, 0.4) is 0 Å². The van der Waals surface area contributed by atoms with Gasteiger partial charge in [-0.05, 0) is 138 Å². The van der Waals surface area contributed by atoms with Crippen LogP contribution in [-0.4, -0.2) is 48.5 Å². The van der Waals surface area contributed by atoms with Gasteiger partial charge in [0.25, 0.3) is 0 Å². The molecule has 0 saturated heterocycles. The summed E-state index contributed by atoms with van der Waals surface area (Å²) < 4.78 is 41.8. The lowest BCUT2D eigenvalue weighted by atomic mass is 10.1. The molecule has 0 aromatic heterocycles. The number of thiocarbonyl (C=S) groups is 1. The second-order valence-corrected chi connectivity index (χ2v) is 15.1. The third kappa shape index (κ3) is 23.6. The minimum Gasteiger partial charge on any atom is -0.497 e. The zero-order valence-corrected chi connectivity index (χ0v) is 42.8. The first kappa shape index (κ1) is 57.6. The van der Waals surface area contributed by atoms with E-state index in [1.807, 2.05) is 72.8 Å². The number of ether oxygens (including phenoxy) is 3. The Balaban J connectivity index is 0.00000105. The number of hydrogen-bond acceptors (Lipinski definition) is 9. The van der Waals surface area contributed by atoms with E-state index in [0.29, 0.717) is 27.2 Å². The second-order valence-electron chi connectivity index (χ2n) is 11.5. The van der Waals surface area contributed by atoms with Crippen molar-refractivity contribution in [2.24, 2.45) is 27.2 Å². The van der Waals surface area contributed by atoms with Gasteiger partial charge in [0.15, 0.2) is 15.4 Å². The Morgan fingerprint density at radius 1 is 0.623 bits per heavy atom. The lowest BCUT2D eigenvalue weighted by Gasteiger charge is -2.10. The van der Waals surface area contributed by atoms with E-state index in [-0.39, 0.29) is 57.3 Å². The van der Waals surface area contributed by atoms with Crippen LogP contribution in [0.25, 0.3) is 0 Å². The zero-order valence-electron chi connectivity index (χ0n) is 33.8. The van der Waals surface area contributed by atoms with E-state index in [1.54, 1.807) is 46.5 Å². The van der Waals surface area contributed by atoms with Crippen LogP contribution in [0.5, 0.6) is 17.2 Å². The van der Waals surface area contributed by atoms with Crippen molar-refractivity contribution >= 4 is 134 Å². The van der Waals surface area contributed by atoms with E-state index in [1.165, 1.54) is 41.7 Å². The van der Waals surface area contributed by atoms with Crippen LogP contribution in [0, 0.1) is 11.6 Å². The third-order valence-electron chi connectivity index (χ3n) is 7.36. The van der Waals surface area contributed by atoms with Crippen LogP contribution in [0.1, 0.15) is 29.2 Å². The number of aliphatic hydroxyl groups excluding tert-OH is 1. The summed E-state index contributed by atoms with van der Waals surface area (Å²) in [6.45, 7) is 1.93. The first-order valence-corrected chi connectivity index (χ1v) is 22.2. The van der Waals surface area contributed by atoms with Crippen LogP contribution < -0.4 is 36.7 Å². The molecule has 8 N–H and O–H groups in total. The number of aliphatic hydroxyl groups is 1. The monoisotopic (exact) mass is 1150 g/mol. The molecule has 0 spiro atoms.